The van der Waals surface area contributed by atoms with Crippen molar-refractivity contribution in [1.82, 2.24) is 20.5 Å². The molecule has 34 heavy (non-hydrogen) atoms. The Kier molecular flexibility index (Phi) is 8.27. The summed E-state index contributed by atoms with van der Waals surface area (Å²) < 4.78 is 0. The number of aliphatic carboxylic acids is 1. The highest BCUT2D eigenvalue weighted by atomic mass is 16.4. The van der Waals surface area contributed by atoms with Gasteiger partial charge in [0.2, 0.25) is 17.7 Å². The minimum Gasteiger partial charge on any atom is -0.480 e. The summed E-state index contributed by atoms with van der Waals surface area (Å²) in [5, 5.41) is 15.0. The number of hydrogen-bond donors (Lipinski definition) is 5. The van der Waals surface area contributed by atoms with Gasteiger partial charge in [-0.05, 0) is 30.4 Å². The lowest BCUT2D eigenvalue weighted by molar-refractivity contribution is -0.141. The summed E-state index contributed by atoms with van der Waals surface area (Å²) in [7, 11) is 0. The second-order valence-corrected chi connectivity index (χ2v) is 8.84. The third-order valence-corrected chi connectivity index (χ3v) is 6.53. The summed E-state index contributed by atoms with van der Waals surface area (Å²) in [6.45, 7) is 3.73. The molecule has 184 valence electrons. The van der Waals surface area contributed by atoms with Gasteiger partial charge in [-0.1, -0.05) is 38.5 Å². The van der Waals surface area contributed by atoms with Crippen LogP contribution in [0.1, 0.15) is 38.7 Å². The van der Waals surface area contributed by atoms with Crippen LogP contribution in [-0.4, -0.2) is 69.9 Å². The Morgan fingerprint density at radius 3 is 2.71 bits per heavy atom. The van der Waals surface area contributed by atoms with Gasteiger partial charge in [-0.15, -0.1) is 0 Å². The maximum Gasteiger partial charge on any atom is 0.322 e. The van der Waals surface area contributed by atoms with Crippen LogP contribution in [-0.2, 0) is 25.6 Å². The largest absolute Gasteiger partial charge is 0.480 e. The zero-order chi connectivity index (χ0) is 24.8. The molecule has 0 saturated carbocycles. The summed E-state index contributed by atoms with van der Waals surface area (Å²) >= 11 is 0. The zero-order valence-electron chi connectivity index (χ0n) is 19.5. The highest BCUT2D eigenvalue weighted by Crippen LogP contribution is 2.22. The van der Waals surface area contributed by atoms with Crippen molar-refractivity contribution in [2.45, 2.75) is 57.7 Å². The van der Waals surface area contributed by atoms with Crippen LogP contribution in [0.15, 0.2) is 30.5 Å². The number of carbonyl (C=O) groups excluding carboxylic acids is 3. The standard InChI is InChI=1S/C24H33N5O5/c1-3-14(2)21(25)24(34)29-10-6-9-19(29)23(33)28-18(22(32)27-13-20(30)31)11-15-12-26-17-8-5-4-7-16(15)17/h4-5,7-8,12,14,18-19,21,26H,3,6,9-11,13,25H2,1-2H3,(H,27,32)(H,28,33)(H,30,31). The average molecular weight is 472 g/mol. The Bertz CT molecular complexity index is 1050. The quantitative estimate of drug-likeness (QED) is 0.344. The molecule has 6 N–H and O–H groups in total. The fourth-order valence-electron chi connectivity index (χ4n) is 4.28. The Balaban J connectivity index is 1.77. The molecule has 10 nitrogen and oxygen atoms in total. The molecule has 0 radical (unpaired) electrons. The first-order valence-electron chi connectivity index (χ1n) is 11.6. The van der Waals surface area contributed by atoms with Gasteiger partial charge in [0.05, 0.1) is 6.04 Å². The van der Waals surface area contributed by atoms with Crippen molar-refractivity contribution in [2.24, 2.45) is 11.7 Å². The summed E-state index contributed by atoms with van der Waals surface area (Å²) in [4.78, 5) is 54.6. The molecule has 10 heteroatoms. The van der Waals surface area contributed by atoms with Crippen LogP contribution in [0.25, 0.3) is 10.9 Å². The number of aromatic nitrogens is 1. The number of aromatic amines is 1. The molecule has 0 bridgehead atoms. The number of nitrogens with one attached hydrogen (secondary N) is 3. The molecule has 4 atom stereocenters. The number of rotatable bonds is 10. The van der Waals surface area contributed by atoms with Crippen molar-refractivity contribution >= 4 is 34.6 Å². The topological polar surface area (TPSA) is 158 Å². The SMILES string of the molecule is CCC(C)C(N)C(=O)N1CCCC1C(=O)NC(Cc1c[nH]c2ccccc12)C(=O)NCC(=O)O. The number of carboxylic acid groups (broad SMARTS) is 1. The highest BCUT2D eigenvalue weighted by Gasteiger charge is 2.38. The Hall–Kier alpha value is -3.40. The van der Waals surface area contributed by atoms with Gasteiger partial charge >= 0.3 is 5.97 Å². The zero-order valence-corrected chi connectivity index (χ0v) is 19.5. The van der Waals surface area contributed by atoms with Gasteiger partial charge in [-0.3, -0.25) is 19.2 Å². The molecule has 1 aromatic carbocycles. The number of benzene rings is 1. The summed E-state index contributed by atoms with van der Waals surface area (Å²) in [5.74, 6) is -2.52. The van der Waals surface area contributed by atoms with Crippen molar-refractivity contribution < 1.29 is 24.3 Å². The molecule has 1 saturated heterocycles. The van der Waals surface area contributed by atoms with Crippen LogP contribution >= 0.6 is 0 Å². The van der Waals surface area contributed by atoms with E-state index in [1.165, 1.54) is 4.90 Å². The number of nitrogens with zero attached hydrogens (tertiary/aromatic N) is 1. The minimum absolute atomic E-state index is 0.0202. The molecule has 2 aromatic rings. The second kappa shape index (κ2) is 11.1. The molecule has 1 aliphatic heterocycles. The molecule has 0 spiro atoms. The number of likely N-dealkylation sites (tertiary alicyclic amines) is 1. The van der Waals surface area contributed by atoms with Crippen molar-refractivity contribution in [2.75, 3.05) is 13.1 Å². The van der Waals surface area contributed by atoms with Crippen molar-refractivity contribution in [1.29, 1.82) is 0 Å². The van der Waals surface area contributed by atoms with E-state index in [-0.39, 0.29) is 18.2 Å². The van der Waals surface area contributed by atoms with E-state index in [9.17, 15) is 19.2 Å². The van der Waals surface area contributed by atoms with Gasteiger partial charge < -0.3 is 31.4 Å². The summed E-state index contributed by atoms with van der Waals surface area (Å²) in [5.41, 5.74) is 7.83. The number of nitrogens with two attached hydrogens (primary N) is 1. The fourth-order valence-corrected chi connectivity index (χ4v) is 4.28. The summed E-state index contributed by atoms with van der Waals surface area (Å²) in [6.07, 6.45) is 3.81. The number of para-hydroxylation sites is 1. The molecule has 2 heterocycles. The van der Waals surface area contributed by atoms with E-state index in [0.29, 0.717) is 19.4 Å². The number of amides is 3. The number of carboxylic acids is 1. The van der Waals surface area contributed by atoms with E-state index in [0.717, 1.165) is 22.9 Å². The fraction of sp³-hybridized carbons (Fsp3) is 0.500. The molecule has 3 rings (SSSR count). The molecule has 1 aliphatic rings. The van der Waals surface area contributed by atoms with Crippen molar-refractivity contribution in [3.8, 4) is 0 Å². The van der Waals surface area contributed by atoms with Crippen LogP contribution in [0, 0.1) is 5.92 Å². The minimum atomic E-state index is -1.18. The molecular weight excluding hydrogens is 438 g/mol. The Labute approximate surface area is 198 Å². The van der Waals surface area contributed by atoms with Gasteiger partial charge in [0.1, 0.15) is 18.6 Å². The van der Waals surface area contributed by atoms with Gasteiger partial charge in [0.25, 0.3) is 0 Å². The number of H-pyrrole nitrogens is 1. The normalized spacial score (nSPS) is 18.3. The third-order valence-electron chi connectivity index (χ3n) is 6.53. The first-order chi connectivity index (χ1) is 16.2. The number of fused-ring (bicyclic) bond motifs is 1. The van der Waals surface area contributed by atoms with Gasteiger partial charge in [-0.25, -0.2) is 0 Å². The van der Waals surface area contributed by atoms with Crippen molar-refractivity contribution in [3.63, 3.8) is 0 Å². The second-order valence-electron chi connectivity index (χ2n) is 8.84. The van der Waals surface area contributed by atoms with Crippen LogP contribution in [0.3, 0.4) is 0 Å². The van der Waals surface area contributed by atoms with E-state index in [1.54, 1.807) is 6.20 Å². The van der Waals surface area contributed by atoms with Crippen LogP contribution in [0.4, 0.5) is 0 Å². The number of carbonyl (C=O) groups is 4. The van der Waals surface area contributed by atoms with Crippen LogP contribution in [0.2, 0.25) is 0 Å². The molecule has 0 aliphatic carbocycles. The maximum atomic E-state index is 13.2. The van der Waals surface area contributed by atoms with E-state index >= 15 is 0 Å². The lowest BCUT2D eigenvalue weighted by Gasteiger charge is -2.30. The monoisotopic (exact) mass is 471 g/mol. The lowest BCUT2D eigenvalue weighted by Crippen LogP contribution is -2.56. The third kappa shape index (κ3) is 5.74. The predicted molar refractivity (Wildman–Crippen MR) is 127 cm³/mol. The predicted octanol–water partition coefficient (Wildman–Crippen LogP) is 0.760. The highest BCUT2D eigenvalue weighted by molar-refractivity contribution is 5.94. The van der Waals surface area contributed by atoms with Gasteiger partial charge in [-0.2, -0.15) is 0 Å². The smallest absolute Gasteiger partial charge is 0.322 e. The Morgan fingerprint density at radius 2 is 2.00 bits per heavy atom. The first-order valence-corrected chi connectivity index (χ1v) is 11.6. The molecule has 3 amide bonds. The number of hydrogen-bond acceptors (Lipinski definition) is 5. The van der Waals surface area contributed by atoms with E-state index in [1.807, 2.05) is 38.1 Å². The van der Waals surface area contributed by atoms with Crippen molar-refractivity contribution in [3.05, 3.63) is 36.0 Å². The molecule has 1 aromatic heterocycles. The molecule has 4 unspecified atom stereocenters. The lowest BCUT2D eigenvalue weighted by atomic mass is 9.98. The van der Waals surface area contributed by atoms with Gasteiger partial charge in [0, 0.05) is 30.1 Å². The van der Waals surface area contributed by atoms with E-state index in [2.05, 4.69) is 15.6 Å². The van der Waals surface area contributed by atoms with E-state index < -0.39 is 42.5 Å². The summed E-state index contributed by atoms with van der Waals surface area (Å²) in [6, 6.07) is 5.14. The van der Waals surface area contributed by atoms with Gasteiger partial charge in [0.15, 0.2) is 0 Å². The molecular formula is C24H33N5O5. The van der Waals surface area contributed by atoms with E-state index in [4.69, 9.17) is 10.8 Å². The average Bonchev–Trinajstić information content (AvgIpc) is 3.48. The van der Waals surface area contributed by atoms with Crippen LogP contribution in [0.5, 0.6) is 0 Å². The Morgan fingerprint density at radius 1 is 1.26 bits per heavy atom. The maximum absolute atomic E-state index is 13.2. The first kappa shape index (κ1) is 25.2. The van der Waals surface area contributed by atoms with Crippen LogP contribution < -0.4 is 16.4 Å². The molecule has 1 fully saturated rings.